The minimum atomic E-state index is -0.359. The molecule has 0 fully saturated rings. The molecule has 4 rings (SSSR count). The van der Waals surface area contributed by atoms with Crippen molar-refractivity contribution in [3.63, 3.8) is 0 Å². The van der Waals surface area contributed by atoms with Crippen LogP contribution < -0.4 is 20.1 Å². The van der Waals surface area contributed by atoms with Gasteiger partial charge in [0.2, 0.25) is 0 Å². The average molecular weight is 428 g/mol. The van der Waals surface area contributed by atoms with Crippen LogP contribution in [0.1, 0.15) is 20.9 Å². The van der Waals surface area contributed by atoms with Gasteiger partial charge < -0.3 is 24.5 Å². The third kappa shape index (κ3) is 4.96. The van der Waals surface area contributed by atoms with E-state index < -0.39 is 0 Å². The molecule has 1 heterocycles. The highest BCUT2D eigenvalue weighted by Crippen LogP contribution is 2.31. The van der Waals surface area contributed by atoms with E-state index in [-0.39, 0.29) is 17.6 Å². The van der Waals surface area contributed by atoms with Gasteiger partial charge >= 0.3 is 0 Å². The first-order valence-electron chi connectivity index (χ1n) is 9.79. The molecule has 32 heavy (non-hydrogen) atoms. The Hall–Kier alpha value is -4.52. The van der Waals surface area contributed by atoms with Crippen LogP contribution in [0.5, 0.6) is 17.2 Å². The normalized spacial score (nSPS) is 10.3. The summed E-state index contributed by atoms with van der Waals surface area (Å²) in [6.07, 6.45) is 1.43. The van der Waals surface area contributed by atoms with Gasteiger partial charge in [-0.1, -0.05) is 12.1 Å². The monoisotopic (exact) mass is 428 g/mol. The van der Waals surface area contributed by atoms with Gasteiger partial charge in [0.1, 0.15) is 5.75 Å². The largest absolute Gasteiger partial charge is 0.493 e. The fourth-order valence-electron chi connectivity index (χ4n) is 2.95. The fraction of sp³-hybridized carbons (Fsp3) is 0.0400. The van der Waals surface area contributed by atoms with Crippen LogP contribution in [0.15, 0.2) is 95.6 Å². The Morgan fingerprint density at radius 3 is 1.97 bits per heavy atom. The second-order valence-corrected chi connectivity index (χ2v) is 6.74. The van der Waals surface area contributed by atoms with Gasteiger partial charge in [-0.25, -0.2) is 0 Å². The van der Waals surface area contributed by atoms with Crippen molar-refractivity contribution in [1.82, 2.24) is 0 Å². The minimum absolute atomic E-state index is 0.213. The zero-order chi connectivity index (χ0) is 22.3. The molecular weight excluding hydrogens is 408 g/mol. The van der Waals surface area contributed by atoms with E-state index in [2.05, 4.69) is 10.6 Å². The predicted octanol–water partition coefficient (Wildman–Crippen LogP) is 5.59. The molecule has 7 heteroatoms. The van der Waals surface area contributed by atoms with E-state index in [9.17, 15) is 9.59 Å². The van der Waals surface area contributed by atoms with Crippen molar-refractivity contribution < 1.29 is 23.5 Å². The lowest BCUT2D eigenvalue weighted by Gasteiger charge is -2.11. The molecule has 0 saturated heterocycles. The lowest BCUT2D eigenvalue weighted by Crippen LogP contribution is -2.13. The number of hydrogen-bond acceptors (Lipinski definition) is 5. The number of hydrogen-bond donors (Lipinski definition) is 2. The van der Waals surface area contributed by atoms with Gasteiger partial charge in [-0.2, -0.15) is 0 Å². The number of benzene rings is 3. The van der Waals surface area contributed by atoms with Crippen molar-refractivity contribution in [1.29, 1.82) is 0 Å². The third-order valence-electron chi connectivity index (χ3n) is 4.56. The van der Waals surface area contributed by atoms with Crippen molar-refractivity contribution in [3.8, 4) is 17.2 Å². The summed E-state index contributed by atoms with van der Waals surface area (Å²) in [5.74, 6) is 1.43. The zero-order valence-corrected chi connectivity index (χ0v) is 17.2. The third-order valence-corrected chi connectivity index (χ3v) is 4.56. The van der Waals surface area contributed by atoms with E-state index >= 15 is 0 Å². The van der Waals surface area contributed by atoms with Crippen LogP contribution in [0.2, 0.25) is 0 Å². The molecule has 0 aliphatic rings. The van der Waals surface area contributed by atoms with Crippen LogP contribution in [0, 0.1) is 0 Å². The van der Waals surface area contributed by atoms with Gasteiger partial charge in [-0.05, 0) is 72.8 Å². The second kappa shape index (κ2) is 9.53. The maximum absolute atomic E-state index is 12.5. The summed E-state index contributed by atoms with van der Waals surface area (Å²) in [5, 5.41) is 5.54. The Balaban J connectivity index is 1.35. The van der Waals surface area contributed by atoms with Gasteiger partial charge in [0, 0.05) is 16.9 Å². The highest BCUT2D eigenvalue weighted by atomic mass is 16.5. The van der Waals surface area contributed by atoms with Gasteiger partial charge in [-0.3, -0.25) is 9.59 Å². The van der Waals surface area contributed by atoms with Crippen molar-refractivity contribution in [2.45, 2.75) is 0 Å². The summed E-state index contributed by atoms with van der Waals surface area (Å²) in [6.45, 7) is 0. The molecule has 0 radical (unpaired) electrons. The van der Waals surface area contributed by atoms with Crippen LogP contribution in [0.3, 0.4) is 0 Å². The number of furan rings is 1. The van der Waals surface area contributed by atoms with Gasteiger partial charge in [0.05, 0.1) is 13.4 Å². The topological polar surface area (TPSA) is 89.8 Å². The smallest absolute Gasteiger partial charge is 0.291 e. The van der Waals surface area contributed by atoms with Crippen molar-refractivity contribution in [2.75, 3.05) is 17.7 Å². The zero-order valence-electron chi connectivity index (χ0n) is 17.2. The molecule has 4 aromatic rings. The SMILES string of the molecule is COc1ccccc1Oc1ccc(NC(=O)c2ccc(NC(=O)c3ccco3)cc2)cc1. The Labute approximate surface area is 184 Å². The number of carbonyl (C=O) groups excluding carboxylic acids is 2. The highest BCUT2D eigenvalue weighted by molar-refractivity contribution is 6.05. The van der Waals surface area contributed by atoms with Crippen LogP contribution >= 0.6 is 0 Å². The van der Waals surface area contributed by atoms with E-state index in [1.165, 1.54) is 6.26 Å². The van der Waals surface area contributed by atoms with E-state index in [0.717, 1.165) is 0 Å². The standard InChI is InChI=1S/C25H20N2O5/c1-30-21-5-2-3-6-22(21)32-20-14-12-19(13-15-20)26-24(28)17-8-10-18(11-9-17)27-25(29)23-7-4-16-31-23/h2-16H,1H3,(H,26,28)(H,27,29). The number of methoxy groups -OCH3 is 1. The molecule has 0 aliphatic carbocycles. The fourth-order valence-corrected chi connectivity index (χ4v) is 2.95. The van der Waals surface area contributed by atoms with Crippen LogP contribution in [-0.4, -0.2) is 18.9 Å². The van der Waals surface area contributed by atoms with Gasteiger partial charge in [0.15, 0.2) is 17.3 Å². The summed E-state index contributed by atoms with van der Waals surface area (Å²) in [4.78, 5) is 24.5. The number of para-hydroxylation sites is 2. The van der Waals surface area contributed by atoms with E-state index in [0.29, 0.717) is 34.2 Å². The van der Waals surface area contributed by atoms with Crippen LogP contribution in [0.4, 0.5) is 11.4 Å². The molecule has 0 atom stereocenters. The molecule has 0 bridgehead atoms. The number of ether oxygens (including phenoxy) is 2. The minimum Gasteiger partial charge on any atom is -0.493 e. The first-order chi connectivity index (χ1) is 15.6. The van der Waals surface area contributed by atoms with E-state index in [4.69, 9.17) is 13.9 Å². The molecule has 1 aromatic heterocycles. The molecule has 3 aromatic carbocycles. The molecule has 0 spiro atoms. The van der Waals surface area contributed by atoms with E-state index in [1.54, 1.807) is 67.8 Å². The number of carbonyl (C=O) groups is 2. The van der Waals surface area contributed by atoms with Gasteiger partial charge in [0.25, 0.3) is 11.8 Å². The lowest BCUT2D eigenvalue weighted by atomic mass is 10.2. The number of rotatable bonds is 7. The summed E-state index contributed by atoms with van der Waals surface area (Å²) in [7, 11) is 1.58. The molecule has 0 aliphatic heterocycles. The Morgan fingerprint density at radius 2 is 1.34 bits per heavy atom. The highest BCUT2D eigenvalue weighted by Gasteiger charge is 2.11. The lowest BCUT2D eigenvalue weighted by molar-refractivity contribution is 0.0995. The van der Waals surface area contributed by atoms with Crippen molar-refractivity contribution in [2.24, 2.45) is 0 Å². The van der Waals surface area contributed by atoms with E-state index in [1.807, 2.05) is 24.3 Å². The molecule has 0 saturated carbocycles. The average Bonchev–Trinajstić information content (AvgIpc) is 3.36. The quantitative estimate of drug-likeness (QED) is 0.401. The Kier molecular flexibility index (Phi) is 6.17. The summed E-state index contributed by atoms with van der Waals surface area (Å²) < 4.78 is 16.2. The number of nitrogens with one attached hydrogen (secondary N) is 2. The van der Waals surface area contributed by atoms with Crippen molar-refractivity contribution >= 4 is 23.2 Å². The summed E-state index contributed by atoms with van der Waals surface area (Å²) in [5.41, 5.74) is 1.63. The Morgan fingerprint density at radius 1 is 0.719 bits per heavy atom. The first-order valence-corrected chi connectivity index (χ1v) is 9.79. The molecule has 2 amide bonds. The van der Waals surface area contributed by atoms with Crippen LogP contribution in [0.25, 0.3) is 0 Å². The molecule has 0 unspecified atom stereocenters. The summed E-state index contributed by atoms with van der Waals surface area (Å²) in [6, 6.07) is 24.2. The van der Waals surface area contributed by atoms with Gasteiger partial charge in [-0.15, -0.1) is 0 Å². The molecule has 2 N–H and O–H groups in total. The summed E-state index contributed by atoms with van der Waals surface area (Å²) >= 11 is 0. The number of amides is 2. The molecular formula is C25H20N2O5. The number of anilines is 2. The molecule has 7 nitrogen and oxygen atoms in total. The second-order valence-electron chi connectivity index (χ2n) is 6.74. The van der Waals surface area contributed by atoms with Crippen LogP contribution in [-0.2, 0) is 0 Å². The predicted molar refractivity (Wildman–Crippen MR) is 121 cm³/mol. The maximum atomic E-state index is 12.5. The first kappa shape index (κ1) is 20.7. The Bertz CT molecular complexity index is 1200. The molecule has 160 valence electrons. The maximum Gasteiger partial charge on any atom is 0.291 e. The van der Waals surface area contributed by atoms with Crippen molar-refractivity contribution in [3.05, 3.63) is 103 Å².